The fourth-order valence-electron chi connectivity index (χ4n) is 17.3. The predicted octanol–water partition coefficient (Wildman–Crippen LogP) is 10.3. The third-order valence-electron chi connectivity index (χ3n) is 24.8. The van der Waals surface area contributed by atoms with E-state index >= 15 is 0 Å². The Morgan fingerprint density at radius 1 is 0.419 bits per heavy atom. The zero-order valence-electron chi connectivity index (χ0n) is 79.5. The molecule has 8 N–H and O–H groups in total. The van der Waals surface area contributed by atoms with Gasteiger partial charge in [0.1, 0.15) is 64.8 Å². The van der Waals surface area contributed by atoms with E-state index in [0.29, 0.717) is 86.5 Å². The van der Waals surface area contributed by atoms with Crippen LogP contribution in [-0.4, -0.2) is 312 Å². The summed E-state index contributed by atoms with van der Waals surface area (Å²) in [5, 5.41) is 59.7. The highest BCUT2D eigenvalue weighted by Crippen LogP contribution is 2.45. The van der Waals surface area contributed by atoms with Gasteiger partial charge >= 0.3 is 47.8 Å². The number of carboxylic acid groups (broad SMARTS) is 4. The molecule has 4 aromatic carbocycles. The van der Waals surface area contributed by atoms with Crippen molar-refractivity contribution in [1.29, 1.82) is 0 Å². The lowest BCUT2D eigenvalue weighted by Gasteiger charge is -2.42. The molecule has 0 saturated carbocycles. The molecule has 0 radical (unpaired) electrons. The highest BCUT2D eigenvalue weighted by molar-refractivity contribution is 9.10. The molecular formula is C92H96BrCl4F3N16O24S8. The van der Waals surface area contributed by atoms with Gasteiger partial charge in [-0.15, -0.1) is 45.3 Å². The van der Waals surface area contributed by atoms with Gasteiger partial charge in [0, 0.05) is 163 Å². The van der Waals surface area contributed by atoms with Crippen molar-refractivity contribution in [1.82, 2.24) is 60.8 Å². The molecule has 8 aliphatic heterocycles. The number of thiazole rings is 4. The van der Waals surface area contributed by atoms with Gasteiger partial charge in [-0.3, -0.25) is 58.7 Å². The molecule has 10 unspecified atom stereocenters. The van der Waals surface area contributed by atoms with Gasteiger partial charge in [0.05, 0.1) is 93.7 Å². The molecule has 16 rings (SSSR count). The van der Waals surface area contributed by atoms with Crippen molar-refractivity contribution in [2.45, 2.75) is 113 Å². The number of halogens is 8. The second-order valence-corrected chi connectivity index (χ2v) is 49.7. The van der Waals surface area contributed by atoms with Crippen molar-refractivity contribution >= 4 is 218 Å². The molecule has 792 valence electrons. The molecule has 8 aliphatic rings. The number of rotatable bonds is 28. The largest absolute Gasteiger partial charge is 0.480 e. The van der Waals surface area contributed by atoms with Crippen LogP contribution in [0.5, 0.6) is 0 Å². The Hall–Kier alpha value is -10.9. The first-order chi connectivity index (χ1) is 70.0. The number of amidine groups is 4. The van der Waals surface area contributed by atoms with E-state index in [2.05, 4.69) is 67.1 Å². The van der Waals surface area contributed by atoms with Gasteiger partial charge in [-0.2, -0.15) is 0 Å². The van der Waals surface area contributed by atoms with Crippen molar-refractivity contribution in [2.24, 2.45) is 20.0 Å². The number of sulfone groups is 4. The van der Waals surface area contributed by atoms with Gasteiger partial charge in [-0.05, 0) is 109 Å². The van der Waals surface area contributed by atoms with E-state index in [4.69, 9.17) is 75.3 Å². The Morgan fingerprint density at radius 2 is 0.703 bits per heavy atom. The van der Waals surface area contributed by atoms with Gasteiger partial charge < -0.3 is 60.6 Å². The number of nitrogens with zero attached hydrogens (tertiary/aromatic N) is 12. The van der Waals surface area contributed by atoms with Gasteiger partial charge in [-0.25, -0.2) is 86.0 Å². The smallest absolute Gasteiger partial charge is 0.338 e. The maximum Gasteiger partial charge on any atom is 0.338 e. The van der Waals surface area contributed by atoms with Crippen LogP contribution in [0.4, 0.5) is 13.2 Å². The lowest BCUT2D eigenvalue weighted by molar-refractivity contribution is -0.149. The second kappa shape index (κ2) is 48.1. The molecule has 0 spiro atoms. The van der Waals surface area contributed by atoms with Crippen molar-refractivity contribution in [3.8, 4) is 0 Å². The molecule has 4 fully saturated rings. The number of carbonyl (C=O) groups is 8. The van der Waals surface area contributed by atoms with Crippen LogP contribution in [-0.2, 0) is 96.7 Å². The molecule has 8 aromatic rings. The number of benzene rings is 4. The first-order valence-corrected chi connectivity index (χ1v) is 58.0. The Kier molecular flexibility index (Phi) is 37.2. The molecule has 4 saturated heterocycles. The Bertz CT molecular complexity index is 6820. The molecule has 10 atom stereocenters. The highest BCUT2D eigenvalue weighted by Gasteiger charge is 2.53. The lowest BCUT2D eigenvalue weighted by Crippen LogP contribution is -2.62. The van der Waals surface area contributed by atoms with Crippen LogP contribution in [0.1, 0.15) is 122 Å². The molecule has 56 heteroatoms. The summed E-state index contributed by atoms with van der Waals surface area (Å²) in [5.74, 6) is -10.3. The number of aliphatic imine (C=N–C) groups is 4. The zero-order chi connectivity index (χ0) is 108. The Morgan fingerprint density at radius 3 is 0.973 bits per heavy atom. The van der Waals surface area contributed by atoms with Crippen LogP contribution in [0.25, 0.3) is 0 Å². The first-order valence-electron chi connectivity index (χ1n) is 45.1. The maximum atomic E-state index is 13.9. The molecule has 4 aromatic heterocycles. The normalized spacial score (nSPS) is 23.8. The molecule has 0 aliphatic carbocycles. The number of hydrogen-bond donors (Lipinski definition) is 8. The third kappa shape index (κ3) is 26.1. The van der Waals surface area contributed by atoms with Crippen molar-refractivity contribution < 1.29 is 125 Å². The van der Waals surface area contributed by atoms with E-state index in [-0.39, 0.29) is 151 Å². The Balaban J connectivity index is 0.000000165. The van der Waals surface area contributed by atoms with Gasteiger partial charge in [0.2, 0.25) is 0 Å². The maximum absolute atomic E-state index is 13.9. The average Bonchev–Trinajstić information content (AvgIpc) is 0.889. The van der Waals surface area contributed by atoms with Crippen molar-refractivity contribution in [2.75, 3.05) is 113 Å². The van der Waals surface area contributed by atoms with Crippen LogP contribution < -0.4 is 21.3 Å². The SMILES string of the molecule is CCOC(=O)C1=C(CN2CCS(=O)(=O)C(C)C2C(=O)O)NC(c2nccs2)=NC1c1ccc(F)cc1Br.CCOC(=O)C1=C(CN2CCS(=O)(=O)C(C)C2C(=O)O)NC(c2nccs2)=NC1c1ccc(F)cc1Cl.CCOC(=O)C1=C(CN2CCS(=O)(=O)CC2(C)C(=O)O)NC(c2nccs2)=NC1c1ccc(Cl)cc1Cl.CCOC(=O)C1=C(CN2CCS(=O)(=O)CC2(C)C(=O)O)NC(c2nccs2)=NC1c1ccc(F)cc1Cl. The minimum Gasteiger partial charge on any atom is -0.480 e. The van der Waals surface area contributed by atoms with Crippen LogP contribution in [0, 0.1) is 17.5 Å². The summed E-state index contributed by atoms with van der Waals surface area (Å²) in [4.78, 5) is 144. The number of esters is 4. The number of aliphatic carboxylic acids is 4. The molecule has 148 heavy (non-hydrogen) atoms. The van der Waals surface area contributed by atoms with E-state index < -0.39 is 174 Å². The molecule has 40 nitrogen and oxygen atoms in total. The summed E-state index contributed by atoms with van der Waals surface area (Å²) in [6.45, 7) is 11.7. The fourth-order valence-corrected chi connectivity index (χ4v) is 28.0. The topological polar surface area (TPSA) is 553 Å². The van der Waals surface area contributed by atoms with Crippen molar-refractivity contribution in [3.63, 3.8) is 0 Å². The predicted molar refractivity (Wildman–Crippen MR) is 551 cm³/mol. The summed E-state index contributed by atoms with van der Waals surface area (Å²) in [7, 11) is -14.4. The number of hydrogen-bond acceptors (Lipinski definition) is 40. The van der Waals surface area contributed by atoms with Gasteiger partial charge in [0.25, 0.3) is 0 Å². The second-order valence-electron chi connectivity index (χ2n) is 34.3. The van der Waals surface area contributed by atoms with Crippen LogP contribution in [0.15, 0.2) is 189 Å². The van der Waals surface area contributed by atoms with E-state index in [1.54, 1.807) is 92.2 Å². The molecule has 0 amide bonds. The number of carbonyl (C=O) groups excluding carboxylic acids is 4. The van der Waals surface area contributed by atoms with E-state index in [1.807, 2.05) is 0 Å². The van der Waals surface area contributed by atoms with E-state index in [1.165, 1.54) is 135 Å². The van der Waals surface area contributed by atoms with Gasteiger partial charge in [-0.1, -0.05) is 86.6 Å². The standard InChI is InChI=1S/C23H24BrFN4O6S2.C23H24Cl2N4O6S2.2C23H24ClFN4O6S2/c1-3-35-23(32)17-16(11-29-7-9-37(33,34)12(2)19(29)22(30)31)27-20(21-26-6-8-36-21)28-18(17)14-5-4-13(25)10-15(14)24;1-3-35-21(30)17-16(11-29-7-9-37(33,34)12-23(29,2)22(31)32)27-19(20-26-6-8-36-20)28-18(17)14-5-4-13(24)10-15(14)25;1-3-35-21(30)17-16(11-29-7-9-37(33,34)12-23(29,2)22(31)32)27-19(20-26-6-8-36-20)28-18(17)14-5-4-13(25)10-15(14)24;1-3-35-23(32)17-16(11-29-7-9-37(33,34)12(2)19(29)22(30)31)27-20(21-26-6-8-36-21)28-18(17)14-5-4-13(25)10-15(14)24/h4-6,8,10,12,18-19H,3,7,9,11H2,1-2H3,(H,27,28)(H,30,31);2*4-6,8,10,18H,3,7,9,11-12H2,1-2H3,(H,27,28)(H,31,32);4-6,8,10,12,18-19H,3,7,9,11H2,1-2H3,(H,27,28)(H,30,31). The van der Waals surface area contributed by atoms with E-state index in [9.17, 15) is 106 Å². The number of carboxylic acids is 4. The monoisotopic (exact) mass is 2340 g/mol. The minimum absolute atomic E-state index is 0.0368. The number of nitrogens with one attached hydrogen (secondary N) is 4. The van der Waals surface area contributed by atoms with Crippen LogP contribution >= 0.6 is 108 Å². The lowest BCUT2D eigenvalue weighted by atomic mass is 9.94. The zero-order valence-corrected chi connectivity index (χ0v) is 90.6. The van der Waals surface area contributed by atoms with Gasteiger partial charge in [0.15, 0.2) is 82.7 Å². The first kappa shape index (κ1) is 114. The average molecular weight is 2350 g/mol. The van der Waals surface area contributed by atoms with E-state index in [0.717, 1.165) is 12.1 Å². The highest BCUT2D eigenvalue weighted by atomic mass is 79.9. The van der Waals surface area contributed by atoms with Crippen LogP contribution in [0.3, 0.4) is 0 Å². The molecule has 12 heterocycles. The summed E-state index contributed by atoms with van der Waals surface area (Å²) in [5.41, 5.74) is -0.308. The quantitative estimate of drug-likeness (QED) is 0.0167. The summed E-state index contributed by atoms with van der Waals surface area (Å²) in [6.07, 6.45) is 6.35. The third-order valence-corrected chi connectivity index (χ3v) is 37.7. The molecular weight excluding hydrogens is 2250 g/mol. The summed E-state index contributed by atoms with van der Waals surface area (Å²) in [6, 6.07) is 9.74. The Labute approximate surface area is 891 Å². The summed E-state index contributed by atoms with van der Waals surface area (Å²) >= 11 is 33.9. The number of ether oxygens (including phenoxy) is 4. The summed E-state index contributed by atoms with van der Waals surface area (Å²) < 4.78 is 162. The van der Waals surface area contributed by atoms with Crippen molar-refractivity contribution in [3.05, 3.63) is 248 Å². The minimum atomic E-state index is -3.61. The number of aromatic nitrogens is 4. The fraction of sp³-hybridized carbons (Fsp3) is 0.391. The van der Waals surface area contributed by atoms with Crippen LogP contribution in [0.2, 0.25) is 20.1 Å². The molecule has 0 bridgehead atoms.